The quantitative estimate of drug-likeness (QED) is 0.694. The Morgan fingerprint density at radius 3 is 2.30 bits per heavy atom. The van der Waals surface area contributed by atoms with Crippen LogP contribution in [0.4, 0.5) is 10.5 Å². The Hall–Kier alpha value is -3.32. The minimum atomic E-state index is -0.171. The Bertz CT molecular complexity index is 1000. The lowest BCUT2D eigenvalue weighted by molar-refractivity contribution is 0.0762. The fourth-order valence-electron chi connectivity index (χ4n) is 3.42. The van der Waals surface area contributed by atoms with Crippen LogP contribution in [0.15, 0.2) is 67.0 Å². The maximum Gasteiger partial charge on any atom is 0.321 e. The highest BCUT2D eigenvalue weighted by atomic mass is 35.5. The molecule has 8 heteroatoms. The monoisotopic (exact) mass is 423 g/mol. The number of anilines is 1. The van der Waals surface area contributed by atoms with Crippen LogP contribution in [0.2, 0.25) is 5.02 Å². The van der Waals surface area contributed by atoms with Crippen molar-refractivity contribution in [2.45, 2.75) is 6.42 Å². The molecular weight excluding hydrogens is 402 g/mol. The SMILES string of the molecule is O=C(Nc1ccc(Cl)cc1)N1CCCN(C(=O)c2ccc(-n3cccn3)cc2)CC1. The number of carbonyl (C=O) groups excluding carboxylic acids is 2. The summed E-state index contributed by atoms with van der Waals surface area (Å²) in [7, 11) is 0. The second-order valence-electron chi connectivity index (χ2n) is 7.07. The maximum atomic E-state index is 12.9. The summed E-state index contributed by atoms with van der Waals surface area (Å²) in [6, 6.07) is 16.1. The van der Waals surface area contributed by atoms with E-state index in [1.54, 1.807) is 44.9 Å². The van der Waals surface area contributed by atoms with Gasteiger partial charge in [0.1, 0.15) is 0 Å². The second-order valence-corrected chi connectivity index (χ2v) is 7.50. The lowest BCUT2D eigenvalue weighted by atomic mass is 10.1. The zero-order chi connectivity index (χ0) is 20.9. The molecule has 7 nitrogen and oxygen atoms in total. The molecule has 0 atom stereocenters. The molecule has 2 heterocycles. The van der Waals surface area contributed by atoms with Gasteiger partial charge in [-0.3, -0.25) is 4.79 Å². The van der Waals surface area contributed by atoms with Crippen molar-refractivity contribution in [3.05, 3.63) is 77.6 Å². The molecule has 0 radical (unpaired) electrons. The molecule has 1 aliphatic rings. The second kappa shape index (κ2) is 9.00. The number of rotatable bonds is 3. The van der Waals surface area contributed by atoms with Crippen molar-refractivity contribution in [1.82, 2.24) is 19.6 Å². The first-order valence-corrected chi connectivity index (χ1v) is 10.2. The number of carbonyl (C=O) groups is 2. The first kappa shape index (κ1) is 20.0. The maximum absolute atomic E-state index is 12.9. The number of hydrogen-bond acceptors (Lipinski definition) is 3. The third-order valence-corrected chi connectivity index (χ3v) is 5.30. The molecule has 0 saturated carbocycles. The summed E-state index contributed by atoms with van der Waals surface area (Å²) < 4.78 is 1.75. The molecule has 1 saturated heterocycles. The molecule has 1 aliphatic heterocycles. The van der Waals surface area contributed by atoms with E-state index < -0.39 is 0 Å². The number of benzene rings is 2. The molecule has 1 fully saturated rings. The van der Waals surface area contributed by atoms with Crippen LogP contribution in [0.5, 0.6) is 0 Å². The van der Waals surface area contributed by atoms with Crippen LogP contribution < -0.4 is 5.32 Å². The largest absolute Gasteiger partial charge is 0.337 e. The van der Waals surface area contributed by atoms with Gasteiger partial charge in [-0.15, -0.1) is 0 Å². The molecule has 154 valence electrons. The molecule has 1 aromatic heterocycles. The van der Waals surface area contributed by atoms with Crippen molar-refractivity contribution < 1.29 is 9.59 Å². The Labute approximate surface area is 179 Å². The lowest BCUT2D eigenvalue weighted by Crippen LogP contribution is -2.39. The standard InChI is InChI=1S/C22H22ClN5O2/c23-18-5-7-19(8-6-18)25-22(30)27-13-2-12-26(15-16-27)21(29)17-3-9-20(10-4-17)28-14-1-11-24-28/h1,3-11,14H,2,12-13,15-16H2,(H,25,30). The first-order chi connectivity index (χ1) is 14.6. The molecular formula is C22H22ClN5O2. The summed E-state index contributed by atoms with van der Waals surface area (Å²) >= 11 is 5.88. The van der Waals surface area contributed by atoms with E-state index in [2.05, 4.69) is 10.4 Å². The van der Waals surface area contributed by atoms with Gasteiger partial charge in [0.05, 0.1) is 5.69 Å². The molecule has 3 amide bonds. The average Bonchev–Trinajstić information content (AvgIpc) is 3.19. The molecule has 0 aliphatic carbocycles. The predicted octanol–water partition coefficient (Wildman–Crippen LogP) is 3.91. The number of hydrogen-bond donors (Lipinski definition) is 1. The van der Waals surface area contributed by atoms with Crippen molar-refractivity contribution in [2.24, 2.45) is 0 Å². The summed E-state index contributed by atoms with van der Waals surface area (Å²) in [5, 5.41) is 7.69. The van der Waals surface area contributed by atoms with Crippen molar-refractivity contribution in [3.63, 3.8) is 0 Å². The fourth-order valence-corrected chi connectivity index (χ4v) is 3.55. The molecule has 2 aromatic carbocycles. The van der Waals surface area contributed by atoms with E-state index in [-0.39, 0.29) is 11.9 Å². The van der Waals surface area contributed by atoms with Crippen LogP contribution in [-0.4, -0.2) is 57.7 Å². The normalized spacial score (nSPS) is 14.3. The highest BCUT2D eigenvalue weighted by Crippen LogP contribution is 2.16. The average molecular weight is 424 g/mol. The molecule has 0 unspecified atom stereocenters. The van der Waals surface area contributed by atoms with E-state index in [9.17, 15) is 9.59 Å². The molecule has 1 N–H and O–H groups in total. The van der Waals surface area contributed by atoms with Crippen LogP contribution in [0.3, 0.4) is 0 Å². The van der Waals surface area contributed by atoms with Gasteiger partial charge in [0.25, 0.3) is 5.91 Å². The van der Waals surface area contributed by atoms with Crippen molar-refractivity contribution in [1.29, 1.82) is 0 Å². The smallest absolute Gasteiger partial charge is 0.321 e. The van der Waals surface area contributed by atoms with Crippen molar-refractivity contribution >= 4 is 29.2 Å². The van der Waals surface area contributed by atoms with Gasteiger partial charge >= 0.3 is 6.03 Å². The number of nitrogens with one attached hydrogen (secondary N) is 1. The van der Waals surface area contributed by atoms with Crippen molar-refractivity contribution in [3.8, 4) is 5.69 Å². The minimum Gasteiger partial charge on any atom is -0.337 e. The molecule has 3 aromatic rings. The Kier molecular flexibility index (Phi) is 5.99. The lowest BCUT2D eigenvalue weighted by Gasteiger charge is -2.22. The zero-order valence-electron chi connectivity index (χ0n) is 16.4. The van der Waals surface area contributed by atoms with Crippen LogP contribution >= 0.6 is 11.6 Å². The van der Waals surface area contributed by atoms with E-state index >= 15 is 0 Å². The van der Waals surface area contributed by atoms with Gasteiger partial charge < -0.3 is 15.1 Å². The minimum absolute atomic E-state index is 0.0259. The highest BCUT2D eigenvalue weighted by Gasteiger charge is 2.23. The topological polar surface area (TPSA) is 70.5 Å². The summed E-state index contributed by atoms with van der Waals surface area (Å²) in [5.41, 5.74) is 2.22. The van der Waals surface area contributed by atoms with Crippen LogP contribution in [-0.2, 0) is 0 Å². The van der Waals surface area contributed by atoms with Gasteiger partial charge in [-0.1, -0.05) is 11.6 Å². The summed E-state index contributed by atoms with van der Waals surface area (Å²) in [4.78, 5) is 29.0. The van der Waals surface area contributed by atoms with Gasteiger partial charge in [0.2, 0.25) is 0 Å². The zero-order valence-corrected chi connectivity index (χ0v) is 17.1. The van der Waals surface area contributed by atoms with Crippen LogP contribution in [0.1, 0.15) is 16.8 Å². The molecule has 0 spiro atoms. The van der Waals surface area contributed by atoms with Gasteiger partial charge in [0.15, 0.2) is 0 Å². The summed E-state index contributed by atoms with van der Waals surface area (Å²) in [6.07, 6.45) is 4.30. The molecule has 30 heavy (non-hydrogen) atoms. The molecule has 4 rings (SSSR count). The number of urea groups is 1. The predicted molar refractivity (Wildman–Crippen MR) is 116 cm³/mol. The van der Waals surface area contributed by atoms with E-state index in [1.165, 1.54) is 0 Å². The first-order valence-electron chi connectivity index (χ1n) is 9.81. The number of halogens is 1. The van der Waals surface area contributed by atoms with Gasteiger partial charge in [0, 0.05) is 54.8 Å². The van der Waals surface area contributed by atoms with Crippen LogP contribution in [0.25, 0.3) is 5.69 Å². The number of amides is 3. The van der Waals surface area contributed by atoms with E-state index in [1.807, 2.05) is 36.5 Å². The highest BCUT2D eigenvalue weighted by molar-refractivity contribution is 6.30. The Balaban J connectivity index is 1.35. The third kappa shape index (κ3) is 4.63. The number of aromatic nitrogens is 2. The molecule has 0 bridgehead atoms. The van der Waals surface area contributed by atoms with Crippen molar-refractivity contribution in [2.75, 3.05) is 31.5 Å². The summed E-state index contributed by atoms with van der Waals surface area (Å²) in [6.45, 7) is 2.19. The third-order valence-electron chi connectivity index (χ3n) is 5.05. The van der Waals surface area contributed by atoms with Crippen LogP contribution in [0, 0.1) is 0 Å². The number of nitrogens with zero attached hydrogens (tertiary/aromatic N) is 4. The fraction of sp³-hybridized carbons (Fsp3) is 0.227. The Morgan fingerprint density at radius 1 is 0.900 bits per heavy atom. The van der Waals surface area contributed by atoms with E-state index in [0.29, 0.717) is 42.5 Å². The Morgan fingerprint density at radius 2 is 1.60 bits per heavy atom. The van der Waals surface area contributed by atoms with E-state index in [4.69, 9.17) is 11.6 Å². The summed E-state index contributed by atoms with van der Waals surface area (Å²) in [5.74, 6) is -0.0259. The van der Waals surface area contributed by atoms with Gasteiger partial charge in [-0.05, 0) is 61.0 Å². The van der Waals surface area contributed by atoms with Gasteiger partial charge in [-0.2, -0.15) is 5.10 Å². The van der Waals surface area contributed by atoms with E-state index in [0.717, 1.165) is 12.1 Å². The van der Waals surface area contributed by atoms with Gasteiger partial charge in [-0.25, -0.2) is 9.48 Å².